The number of piperazine rings is 1. The molecule has 0 atom stereocenters. The van der Waals surface area contributed by atoms with E-state index in [4.69, 9.17) is 11.6 Å². The minimum Gasteiger partial charge on any atom is -0.336 e. The second kappa shape index (κ2) is 9.73. The second-order valence-corrected chi connectivity index (χ2v) is 9.24. The minimum absolute atomic E-state index is 0.123. The van der Waals surface area contributed by atoms with Crippen LogP contribution in [-0.4, -0.2) is 69.8 Å². The molecule has 11 heteroatoms. The van der Waals surface area contributed by atoms with Crippen LogP contribution in [0.5, 0.6) is 0 Å². The number of nitrogens with zero attached hydrogens (tertiary/aromatic N) is 2. The number of anilines is 1. The van der Waals surface area contributed by atoms with Gasteiger partial charge >= 0.3 is 0 Å². The summed E-state index contributed by atoms with van der Waals surface area (Å²) in [7, 11) is -2.56. The Morgan fingerprint density at radius 1 is 1.10 bits per heavy atom. The molecule has 8 nitrogen and oxygen atoms in total. The van der Waals surface area contributed by atoms with Crippen LogP contribution in [0, 0.1) is 5.82 Å². The summed E-state index contributed by atoms with van der Waals surface area (Å²) in [5.74, 6) is -1.61. The van der Waals surface area contributed by atoms with Crippen LogP contribution in [0.15, 0.2) is 47.4 Å². The van der Waals surface area contributed by atoms with Gasteiger partial charge in [0.05, 0.1) is 27.7 Å². The molecule has 0 unspecified atom stereocenters. The molecule has 0 aliphatic carbocycles. The Morgan fingerprint density at radius 3 is 2.42 bits per heavy atom. The highest BCUT2D eigenvalue weighted by atomic mass is 35.5. The highest BCUT2D eigenvalue weighted by Gasteiger charge is 2.26. The maximum absolute atomic E-state index is 14.2. The van der Waals surface area contributed by atoms with E-state index in [0.29, 0.717) is 23.8 Å². The summed E-state index contributed by atoms with van der Waals surface area (Å²) in [6, 6.07) is 10.0. The van der Waals surface area contributed by atoms with Crippen molar-refractivity contribution in [1.82, 2.24) is 14.5 Å². The van der Waals surface area contributed by atoms with Crippen molar-refractivity contribution in [2.45, 2.75) is 4.90 Å². The van der Waals surface area contributed by atoms with Crippen LogP contribution in [0.1, 0.15) is 10.4 Å². The molecule has 3 rings (SSSR count). The van der Waals surface area contributed by atoms with Crippen molar-refractivity contribution >= 4 is 39.1 Å². The Kier molecular flexibility index (Phi) is 7.26. The number of hydrogen-bond donors (Lipinski definition) is 2. The van der Waals surface area contributed by atoms with Crippen LogP contribution < -0.4 is 10.0 Å². The lowest BCUT2D eigenvalue weighted by atomic mass is 10.1. The second-order valence-electron chi connectivity index (χ2n) is 6.95. The molecule has 2 aromatic rings. The standard InChI is InChI=1S/C20H22ClFN4O4S/c1-23-31(29,30)14-6-7-17(22)15(12-14)20(28)26-10-8-25(9-11-26)13-19(27)24-18-5-3-2-4-16(18)21/h2-7,12,23H,8-11,13H2,1H3,(H,24,27). The van der Waals surface area contributed by atoms with Gasteiger partial charge < -0.3 is 10.2 Å². The Labute approximate surface area is 185 Å². The summed E-state index contributed by atoms with van der Waals surface area (Å²) in [6.45, 7) is 1.51. The maximum atomic E-state index is 14.2. The number of sulfonamides is 1. The lowest BCUT2D eigenvalue weighted by Gasteiger charge is -2.34. The number of carbonyl (C=O) groups is 2. The molecule has 1 fully saturated rings. The predicted octanol–water partition coefficient (Wildman–Crippen LogP) is 1.78. The van der Waals surface area contributed by atoms with Gasteiger partial charge in [-0.1, -0.05) is 23.7 Å². The monoisotopic (exact) mass is 468 g/mol. The molecule has 166 valence electrons. The molecule has 2 aromatic carbocycles. The normalized spacial score (nSPS) is 15.0. The summed E-state index contributed by atoms with van der Waals surface area (Å²) >= 11 is 6.04. The predicted molar refractivity (Wildman–Crippen MR) is 115 cm³/mol. The first kappa shape index (κ1) is 23.1. The fourth-order valence-corrected chi connectivity index (χ4v) is 4.13. The van der Waals surface area contributed by atoms with E-state index in [1.807, 2.05) is 4.90 Å². The Hall–Kier alpha value is -2.53. The van der Waals surface area contributed by atoms with E-state index in [2.05, 4.69) is 10.0 Å². The van der Waals surface area contributed by atoms with Crippen LogP contribution in [0.3, 0.4) is 0 Å². The van der Waals surface area contributed by atoms with Crippen molar-refractivity contribution in [3.8, 4) is 0 Å². The van der Waals surface area contributed by atoms with Crippen LogP contribution in [0.25, 0.3) is 0 Å². The van der Waals surface area contributed by atoms with Gasteiger partial charge in [0.15, 0.2) is 0 Å². The Bertz CT molecular complexity index is 1090. The van der Waals surface area contributed by atoms with Crippen molar-refractivity contribution in [2.24, 2.45) is 0 Å². The number of benzene rings is 2. The average molecular weight is 469 g/mol. The fraction of sp³-hybridized carbons (Fsp3) is 0.300. The van der Waals surface area contributed by atoms with E-state index < -0.39 is 21.7 Å². The van der Waals surface area contributed by atoms with Gasteiger partial charge in [0.25, 0.3) is 5.91 Å². The maximum Gasteiger partial charge on any atom is 0.256 e. The number of para-hydroxylation sites is 1. The summed E-state index contributed by atoms with van der Waals surface area (Å²) in [4.78, 5) is 28.1. The van der Waals surface area contributed by atoms with E-state index in [1.54, 1.807) is 24.3 Å². The molecule has 0 aromatic heterocycles. The largest absolute Gasteiger partial charge is 0.336 e. The summed E-state index contributed by atoms with van der Waals surface area (Å²) in [5, 5.41) is 3.19. The molecule has 0 radical (unpaired) electrons. The number of halogens is 2. The zero-order valence-corrected chi connectivity index (χ0v) is 18.3. The molecule has 31 heavy (non-hydrogen) atoms. The number of amides is 2. The molecular formula is C20H22ClFN4O4S. The molecule has 1 aliphatic rings. The number of hydrogen-bond acceptors (Lipinski definition) is 5. The van der Waals surface area contributed by atoms with Crippen LogP contribution in [0.2, 0.25) is 5.02 Å². The van der Waals surface area contributed by atoms with Crippen molar-refractivity contribution in [3.05, 3.63) is 58.9 Å². The quantitative estimate of drug-likeness (QED) is 0.673. The zero-order valence-electron chi connectivity index (χ0n) is 16.8. The molecular weight excluding hydrogens is 447 g/mol. The minimum atomic E-state index is -3.80. The van der Waals surface area contributed by atoms with Gasteiger partial charge in [-0.3, -0.25) is 14.5 Å². The Balaban J connectivity index is 1.59. The van der Waals surface area contributed by atoms with E-state index >= 15 is 0 Å². The third-order valence-corrected chi connectivity index (χ3v) is 6.66. The highest BCUT2D eigenvalue weighted by Crippen LogP contribution is 2.21. The average Bonchev–Trinajstić information content (AvgIpc) is 2.75. The van der Waals surface area contributed by atoms with Gasteiger partial charge in [-0.2, -0.15) is 0 Å². The topological polar surface area (TPSA) is 98.8 Å². The molecule has 2 N–H and O–H groups in total. The molecule has 1 heterocycles. The molecule has 0 spiro atoms. The number of carbonyl (C=O) groups excluding carboxylic acids is 2. The van der Waals surface area contributed by atoms with E-state index in [1.165, 1.54) is 11.9 Å². The SMILES string of the molecule is CNS(=O)(=O)c1ccc(F)c(C(=O)N2CCN(CC(=O)Nc3ccccc3Cl)CC2)c1. The lowest BCUT2D eigenvalue weighted by molar-refractivity contribution is -0.117. The molecule has 1 aliphatic heterocycles. The highest BCUT2D eigenvalue weighted by molar-refractivity contribution is 7.89. The number of nitrogens with one attached hydrogen (secondary N) is 2. The smallest absolute Gasteiger partial charge is 0.256 e. The lowest BCUT2D eigenvalue weighted by Crippen LogP contribution is -2.50. The zero-order chi connectivity index (χ0) is 22.6. The molecule has 1 saturated heterocycles. The van der Waals surface area contributed by atoms with Gasteiger partial charge in [-0.25, -0.2) is 17.5 Å². The summed E-state index contributed by atoms with van der Waals surface area (Å²) in [6.07, 6.45) is 0. The van der Waals surface area contributed by atoms with E-state index in [0.717, 1.165) is 18.2 Å². The van der Waals surface area contributed by atoms with Crippen molar-refractivity contribution in [1.29, 1.82) is 0 Å². The van der Waals surface area contributed by atoms with E-state index in [9.17, 15) is 22.4 Å². The van der Waals surface area contributed by atoms with Gasteiger partial charge in [0, 0.05) is 26.2 Å². The Morgan fingerprint density at radius 2 is 1.77 bits per heavy atom. The van der Waals surface area contributed by atoms with Gasteiger partial charge in [0.1, 0.15) is 5.82 Å². The third-order valence-electron chi connectivity index (χ3n) is 4.92. The first-order valence-corrected chi connectivity index (χ1v) is 11.4. The third kappa shape index (κ3) is 5.59. The summed E-state index contributed by atoms with van der Waals surface area (Å²) < 4.78 is 40.3. The summed E-state index contributed by atoms with van der Waals surface area (Å²) in [5.41, 5.74) is 0.219. The molecule has 0 bridgehead atoms. The number of rotatable bonds is 6. The van der Waals surface area contributed by atoms with Gasteiger partial charge in [0.2, 0.25) is 15.9 Å². The van der Waals surface area contributed by atoms with Crippen molar-refractivity contribution in [2.75, 3.05) is 45.1 Å². The van der Waals surface area contributed by atoms with E-state index in [-0.39, 0.29) is 36.0 Å². The first-order valence-electron chi connectivity index (χ1n) is 9.50. The molecule has 2 amide bonds. The van der Waals surface area contributed by atoms with Crippen LogP contribution in [-0.2, 0) is 14.8 Å². The molecule has 0 saturated carbocycles. The van der Waals surface area contributed by atoms with Crippen molar-refractivity contribution < 1.29 is 22.4 Å². The van der Waals surface area contributed by atoms with Crippen LogP contribution >= 0.6 is 11.6 Å². The van der Waals surface area contributed by atoms with Gasteiger partial charge in [-0.15, -0.1) is 0 Å². The van der Waals surface area contributed by atoms with Crippen molar-refractivity contribution in [3.63, 3.8) is 0 Å². The van der Waals surface area contributed by atoms with Gasteiger partial charge in [-0.05, 0) is 37.4 Å². The fourth-order valence-electron chi connectivity index (χ4n) is 3.19. The van der Waals surface area contributed by atoms with Crippen LogP contribution in [0.4, 0.5) is 10.1 Å². The first-order chi connectivity index (χ1) is 14.7.